The summed E-state index contributed by atoms with van der Waals surface area (Å²) in [6.07, 6.45) is 3.02. The summed E-state index contributed by atoms with van der Waals surface area (Å²) in [5.41, 5.74) is 7.94. The van der Waals surface area contributed by atoms with Crippen molar-refractivity contribution in [1.29, 1.82) is 0 Å². The molecule has 0 aliphatic rings. The van der Waals surface area contributed by atoms with E-state index >= 15 is 0 Å². The van der Waals surface area contributed by atoms with Crippen LogP contribution in [0.3, 0.4) is 0 Å². The number of rotatable bonds is 5. The minimum absolute atomic E-state index is 0.156. The number of fused-ring (bicyclic) bond motifs is 1. The van der Waals surface area contributed by atoms with Crippen molar-refractivity contribution in [1.82, 2.24) is 34.9 Å². The Kier molecular flexibility index (Phi) is 4.85. The summed E-state index contributed by atoms with van der Waals surface area (Å²) in [4.78, 5) is 22.0. The van der Waals surface area contributed by atoms with Gasteiger partial charge in [-0.05, 0) is 30.9 Å². The van der Waals surface area contributed by atoms with Crippen LogP contribution < -0.4 is 16.6 Å². The normalized spacial score (nSPS) is 12.2. The molecule has 166 valence electrons. The maximum atomic E-state index is 13.6. The van der Waals surface area contributed by atoms with Crippen molar-refractivity contribution in [3.63, 3.8) is 0 Å². The minimum atomic E-state index is -0.378. The number of aromatic nitrogens is 7. The SMILES string of the molecule is Cc1nnc(-c2c(N)ncnc2N[C@@H](C)c2cc3cccc(C)c3c(=O)n2-c2cc[nH]n2)o1. The van der Waals surface area contributed by atoms with Gasteiger partial charge in [0, 0.05) is 19.2 Å². The highest BCUT2D eigenvalue weighted by atomic mass is 16.4. The summed E-state index contributed by atoms with van der Waals surface area (Å²) in [7, 11) is 0. The zero-order valence-electron chi connectivity index (χ0n) is 18.2. The Labute approximate surface area is 187 Å². The number of nitrogens with zero attached hydrogens (tertiary/aromatic N) is 6. The molecular formula is C22H21N9O2. The minimum Gasteiger partial charge on any atom is -0.421 e. The molecule has 0 saturated carbocycles. The molecule has 0 spiro atoms. The Morgan fingerprint density at radius 3 is 2.76 bits per heavy atom. The lowest BCUT2D eigenvalue weighted by Gasteiger charge is -2.21. The molecule has 0 bridgehead atoms. The van der Waals surface area contributed by atoms with Crippen molar-refractivity contribution in [2.24, 2.45) is 0 Å². The third-order valence-corrected chi connectivity index (χ3v) is 5.41. The highest BCUT2D eigenvalue weighted by Crippen LogP contribution is 2.32. The van der Waals surface area contributed by atoms with Gasteiger partial charge >= 0.3 is 0 Å². The van der Waals surface area contributed by atoms with Crippen molar-refractivity contribution in [2.75, 3.05) is 11.1 Å². The first kappa shape index (κ1) is 20.4. The largest absolute Gasteiger partial charge is 0.421 e. The molecular weight excluding hydrogens is 422 g/mol. The van der Waals surface area contributed by atoms with Crippen LogP contribution in [0.2, 0.25) is 0 Å². The Morgan fingerprint density at radius 2 is 2.03 bits per heavy atom. The van der Waals surface area contributed by atoms with Crippen LogP contribution in [0.5, 0.6) is 0 Å². The van der Waals surface area contributed by atoms with E-state index in [9.17, 15) is 4.79 Å². The number of anilines is 2. The number of aromatic amines is 1. The molecule has 0 fully saturated rings. The second-order valence-electron chi connectivity index (χ2n) is 7.66. The van der Waals surface area contributed by atoms with Gasteiger partial charge in [0.25, 0.3) is 11.4 Å². The van der Waals surface area contributed by atoms with E-state index in [1.54, 1.807) is 23.8 Å². The van der Waals surface area contributed by atoms with Crippen molar-refractivity contribution in [3.05, 3.63) is 70.4 Å². The lowest BCUT2D eigenvalue weighted by atomic mass is 10.0. The summed E-state index contributed by atoms with van der Waals surface area (Å²) in [5, 5.41) is 19.8. The van der Waals surface area contributed by atoms with E-state index in [1.807, 2.05) is 38.1 Å². The molecule has 1 atom stereocenters. The van der Waals surface area contributed by atoms with Crippen LogP contribution in [0.1, 0.15) is 30.1 Å². The third kappa shape index (κ3) is 3.49. The number of benzene rings is 1. The molecule has 4 aromatic heterocycles. The number of nitrogens with one attached hydrogen (secondary N) is 2. The van der Waals surface area contributed by atoms with Gasteiger partial charge in [0.1, 0.15) is 23.5 Å². The van der Waals surface area contributed by atoms with E-state index in [1.165, 1.54) is 6.33 Å². The van der Waals surface area contributed by atoms with Gasteiger partial charge in [-0.25, -0.2) is 9.97 Å². The highest BCUT2D eigenvalue weighted by molar-refractivity contribution is 5.85. The Balaban J connectivity index is 1.66. The van der Waals surface area contributed by atoms with E-state index in [0.717, 1.165) is 10.9 Å². The number of hydrogen-bond donors (Lipinski definition) is 3. The second-order valence-corrected chi connectivity index (χ2v) is 7.66. The number of hydrogen-bond acceptors (Lipinski definition) is 9. The van der Waals surface area contributed by atoms with Crippen LogP contribution in [-0.2, 0) is 0 Å². The molecule has 33 heavy (non-hydrogen) atoms. The fourth-order valence-electron chi connectivity index (χ4n) is 3.88. The smallest absolute Gasteiger partial charge is 0.264 e. The second kappa shape index (κ2) is 7.86. The zero-order chi connectivity index (χ0) is 23.1. The summed E-state index contributed by atoms with van der Waals surface area (Å²) >= 11 is 0. The van der Waals surface area contributed by atoms with Crippen molar-refractivity contribution >= 4 is 22.4 Å². The number of H-pyrrole nitrogens is 1. The summed E-state index contributed by atoms with van der Waals surface area (Å²) in [6, 6.07) is 9.11. The molecule has 0 aliphatic heterocycles. The van der Waals surface area contributed by atoms with Crippen LogP contribution in [-0.4, -0.2) is 34.9 Å². The first-order chi connectivity index (χ1) is 15.9. The maximum Gasteiger partial charge on any atom is 0.264 e. The molecule has 4 N–H and O–H groups in total. The Morgan fingerprint density at radius 1 is 1.18 bits per heavy atom. The number of pyridine rings is 1. The van der Waals surface area contributed by atoms with Crippen LogP contribution in [0, 0.1) is 13.8 Å². The number of nitrogens with two attached hydrogens (primary N) is 1. The fourth-order valence-corrected chi connectivity index (χ4v) is 3.88. The highest BCUT2D eigenvalue weighted by Gasteiger charge is 2.22. The van der Waals surface area contributed by atoms with Crippen molar-refractivity contribution in [2.45, 2.75) is 26.8 Å². The summed E-state index contributed by atoms with van der Waals surface area (Å²) in [5.74, 6) is 1.69. The molecule has 0 amide bonds. The predicted octanol–water partition coefficient (Wildman–Crippen LogP) is 2.93. The molecule has 4 heterocycles. The Hall–Kier alpha value is -4.54. The van der Waals surface area contributed by atoms with Gasteiger partial charge in [-0.15, -0.1) is 10.2 Å². The lowest BCUT2D eigenvalue weighted by molar-refractivity contribution is 0.532. The van der Waals surface area contributed by atoms with E-state index in [2.05, 4.69) is 35.7 Å². The lowest BCUT2D eigenvalue weighted by Crippen LogP contribution is -2.26. The summed E-state index contributed by atoms with van der Waals surface area (Å²) < 4.78 is 7.15. The molecule has 5 aromatic rings. The molecule has 0 unspecified atom stereocenters. The standard InChI is InChI=1S/C22H21N9O2/c1-11-5-4-6-14-9-15(31(22(32)17(11)14)16-7-8-26-29-16)12(2)27-20-18(19(23)24-10-25-20)21-30-28-13(3)33-21/h4-10,12H,1-3H3,(H,26,29)(H3,23,24,25,27)/t12-/m0/s1. The average molecular weight is 443 g/mol. The first-order valence-electron chi connectivity index (χ1n) is 10.3. The van der Waals surface area contributed by atoms with Crippen LogP contribution >= 0.6 is 0 Å². The number of aryl methyl sites for hydroxylation is 2. The van der Waals surface area contributed by atoms with Gasteiger partial charge in [-0.2, -0.15) is 5.10 Å². The maximum absolute atomic E-state index is 13.6. The average Bonchev–Trinajstić information content (AvgIpc) is 3.45. The van der Waals surface area contributed by atoms with Gasteiger partial charge in [0.2, 0.25) is 5.89 Å². The third-order valence-electron chi connectivity index (χ3n) is 5.41. The van der Waals surface area contributed by atoms with Crippen LogP contribution in [0.4, 0.5) is 11.6 Å². The van der Waals surface area contributed by atoms with Crippen molar-refractivity contribution in [3.8, 4) is 17.3 Å². The van der Waals surface area contributed by atoms with E-state index in [-0.39, 0.29) is 23.3 Å². The fraction of sp³-hybridized carbons (Fsp3) is 0.182. The monoisotopic (exact) mass is 443 g/mol. The molecule has 0 radical (unpaired) electrons. The first-order valence-corrected chi connectivity index (χ1v) is 10.3. The zero-order valence-corrected chi connectivity index (χ0v) is 18.2. The predicted molar refractivity (Wildman–Crippen MR) is 123 cm³/mol. The van der Waals surface area contributed by atoms with Gasteiger partial charge < -0.3 is 15.5 Å². The van der Waals surface area contributed by atoms with E-state index in [0.29, 0.717) is 34.2 Å². The van der Waals surface area contributed by atoms with Gasteiger partial charge in [0.05, 0.1) is 17.1 Å². The van der Waals surface area contributed by atoms with Crippen LogP contribution in [0.15, 0.2) is 52.1 Å². The molecule has 5 rings (SSSR count). The molecule has 0 aliphatic carbocycles. The van der Waals surface area contributed by atoms with Gasteiger partial charge in [-0.1, -0.05) is 18.2 Å². The molecule has 0 saturated heterocycles. The van der Waals surface area contributed by atoms with Crippen LogP contribution in [0.25, 0.3) is 28.0 Å². The van der Waals surface area contributed by atoms with Gasteiger partial charge in [0.15, 0.2) is 5.82 Å². The van der Waals surface area contributed by atoms with E-state index < -0.39 is 0 Å². The summed E-state index contributed by atoms with van der Waals surface area (Å²) in [6.45, 7) is 5.52. The molecule has 11 nitrogen and oxygen atoms in total. The Bertz CT molecular complexity index is 1520. The van der Waals surface area contributed by atoms with Gasteiger partial charge in [-0.3, -0.25) is 14.5 Å². The topological polar surface area (TPSA) is 153 Å². The molecule has 1 aromatic carbocycles. The quantitative estimate of drug-likeness (QED) is 0.372. The van der Waals surface area contributed by atoms with Crippen molar-refractivity contribution < 1.29 is 4.42 Å². The number of nitrogen functional groups attached to an aromatic ring is 1. The van der Waals surface area contributed by atoms with E-state index in [4.69, 9.17) is 10.2 Å². The molecule has 11 heteroatoms.